The standard InChI is InChI=1S/C16H25NO2/c1-12-6-4-5-7-14(12)17-11-13-8-9-15(18-2)16(10-13)19-3/h8-10,12,14,17H,4-7,11H2,1-3H3/t12-,14+/m0/s1. The van der Waals surface area contributed by atoms with Crippen LogP contribution >= 0.6 is 0 Å². The highest BCUT2D eigenvalue weighted by Gasteiger charge is 2.20. The minimum atomic E-state index is 0.654. The molecule has 2 atom stereocenters. The van der Waals surface area contributed by atoms with E-state index in [1.807, 2.05) is 6.07 Å². The summed E-state index contributed by atoms with van der Waals surface area (Å²) in [5.74, 6) is 2.38. The van der Waals surface area contributed by atoms with Gasteiger partial charge in [0.05, 0.1) is 14.2 Å². The Morgan fingerprint density at radius 2 is 1.84 bits per heavy atom. The average Bonchev–Trinajstić information content (AvgIpc) is 2.46. The van der Waals surface area contributed by atoms with Crippen molar-refractivity contribution in [2.45, 2.75) is 45.2 Å². The van der Waals surface area contributed by atoms with Crippen LogP contribution in [0.5, 0.6) is 11.5 Å². The molecule has 0 amide bonds. The van der Waals surface area contributed by atoms with Gasteiger partial charge in [0.2, 0.25) is 0 Å². The molecule has 106 valence electrons. The quantitative estimate of drug-likeness (QED) is 0.883. The number of nitrogens with one attached hydrogen (secondary N) is 1. The zero-order valence-corrected chi connectivity index (χ0v) is 12.2. The molecule has 0 spiro atoms. The van der Waals surface area contributed by atoms with Crippen LogP contribution in [0.3, 0.4) is 0 Å². The number of benzene rings is 1. The Hall–Kier alpha value is -1.22. The highest BCUT2D eigenvalue weighted by Crippen LogP contribution is 2.28. The van der Waals surface area contributed by atoms with E-state index >= 15 is 0 Å². The number of hydrogen-bond donors (Lipinski definition) is 1. The first-order valence-electron chi connectivity index (χ1n) is 7.19. The summed E-state index contributed by atoms with van der Waals surface area (Å²) >= 11 is 0. The van der Waals surface area contributed by atoms with Crippen molar-refractivity contribution in [3.63, 3.8) is 0 Å². The smallest absolute Gasteiger partial charge is 0.161 e. The van der Waals surface area contributed by atoms with Crippen LogP contribution in [-0.2, 0) is 6.54 Å². The van der Waals surface area contributed by atoms with Gasteiger partial charge in [-0.1, -0.05) is 25.8 Å². The molecule has 1 aliphatic rings. The minimum Gasteiger partial charge on any atom is -0.493 e. The van der Waals surface area contributed by atoms with E-state index in [9.17, 15) is 0 Å². The summed E-state index contributed by atoms with van der Waals surface area (Å²) in [6, 6.07) is 6.78. The van der Waals surface area contributed by atoms with Crippen LogP contribution in [0.1, 0.15) is 38.2 Å². The molecule has 0 aromatic heterocycles. The van der Waals surface area contributed by atoms with Crippen molar-refractivity contribution >= 4 is 0 Å². The van der Waals surface area contributed by atoms with E-state index in [0.717, 1.165) is 24.0 Å². The van der Waals surface area contributed by atoms with Gasteiger partial charge in [-0.15, -0.1) is 0 Å². The summed E-state index contributed by atoms with van der Waals surface area (Å²) in [5.41, 5.74) is 1.25. The van der Waals surface area contributed by atoms with Gasteiger partial charge in [-0.25, -0.2) is 0 Å². The third-order valence-corrected chi connectivity index (χ3v) is 4.13. The van der Waals surface area contributed by atoms with Gasteiger partial charge in [-0.05, 0) is 36.5 Å². The topological polar surface area (TPSA) is 30.5 Å². The predicted molar refractivity (Wildman–Crippen MR) is 77.8 cm³/mol. The van der Waals surface area contributed by atoms with Crippen LogP contribution in [0.4, 0.5) is 0 Å². The lowest BCUT2D eigenvalue weighted by Gasteiger charge is -2.29. The molecule has 3 nitrogen and oxygen atoms in total. The fourth-order valence-corrected chi connectivity index (χ4v) is 2.86. The molecule has 19 heavy (non-hydrogen) atoms. The van der Waals surface area contributed by atoms with Gasteiger partial charge in [-0.2, -0.15) is 0 Å². The van der Waals surface area contributed by atoms with Crippen LogP contribution in [0.2, 0.25) is 0 Å². The summed E-state index contributed by atoms with van der Waals surface area (Å²) < 4.78 is 10.6. The summed E-state index contributed by atoms with van der Waals surface area (Å²) in [6.07, 6.45) is 5.39. The van der Waals surface area contributed by atoms with E-state index in [1.165, 1.54) is 31.2 Å². The fourth-order valence-electron chi connectivity index (χ4n) is 2.86. The number of ether oxygens (including phenoxy) is 2. The van der Waals surface area contributed by atoms with Gasteiger partial charge >= 0.3 is 0 Å². The minimum absolute atomic E-state index is 0.654. The second kappa shape index (κ2) is 6.80. The largest absolute Gasteiger partial charge is 0.493 e. The third-order valence-electron chi connectivity index (χ3n) is 4.13. The first-order chi connectivity index (χ1) is 9.24. The van der Waals surface area contributed by atoms with Gasteiger partial charge in [0.1, 0.15) is 0 Å². The molecule has 3 heteroatoms. The van der Waals surface area contributed by atoms with Crippen molar-refractivity contribution in [2.24, 2.45) is 5.92 Å². The number of hydrogen-bond acceptors (Lipinski definition) is 3. The molecule has 0 aliphatic heterocycles. The molecule has 0 heterocycles. The predicted octanol–water partition coefficient (Wildman–Crippen LogP) is 3.37. The van der Waals surface area contributed by atoms with Crippen molar-refractivity contribution in [3.05, 3.63) is 23.8 Å². The summed E-state index contributed by atoms with van der Waals surface area (Å²) in [7, 11) is 3.34. The molecule has 0 saturated heterocycles. The van der Waals surface area contributed by atoms with Gasteiger partial charge in [0, 0.05) is 12.6 Å². The van der Waals surface area contributed by atoms with E-state index in [-0.39, 0.29) is 0 Å². The molecule has 1 fully saturated rings. The van der Waals surface area contributed by atoms with E-state index < -0.39 is 0 Å². The highest BCUT2D eigenvalue weighted by atomic mass is 16.5. The summed E-state index contributed by atoms with van der Waals surface area (Å²) in [6.45, 7) is 3.25. The molecule has 1 aliphatic carbocycles. The van der Waals surface area contributed by atoms with Crippen LogP contribution in [0.15, 0.2) is 18.2 Å². The van der Waals surface area contributed by atoms with E-state index in [2.05, 4.69) is 24.4 Å². The van der Waals surface area contributed by atoms with Crippen molar-refractivity contribution in [1.82, 2.24) is 5.32 Å². The van der Waals surface area contributed by atoms with Crippen molar-refractivity contribution in [2.75, 3.05) is 14.2 Å². The Labute approximate surface area is 116 Å². The van der Waals surface area contributed by atoms with Crippen LogP contribution < -0.4 is 14.8 Å². The van der Waals surface area contributed by atoms with E-state index in [1.54, 1.807) is 14.2 Å². The molecule has 0 bridgehead atoms. The van der Waals surface area contributed by atoms with Gasteiger partial charge < -0.3 is 14.8 Å². The Balaban J connectivity index is 1.95. The van der Waals surface area contributed by atoms with Gasteiger partial charge in [0.15, 0.2) is 11.5 Å². The number of methoxy groups -OCH3 is 2. The van der Waals surface area contributed by atoms with Crippen LogP contribution in [0.25, 0.3) is 0 Å². The second-order valence-electron chi connectivity index (χ2n) is 5.44. The van der Waals surface area contributed by atoms with Crippen molar-refractivity contribution in [3.8, 4) is 11.5 Å². The maximum atomic E-state index is 5.34. The Bertz CT molecular complexity index is 406. The Kier molecular flexibility index (Phi) is 5.08. The molecule has 2 rings (SSSR count). The zero-order chi connectivity index (χ0) is 13.7. The lowest BCUT2D eigenvalue weighted by molar-refractivity contribution is 0.279. The molecule has 1 N–H and O–H groups in total. The van der Waals surface area contributed by atoms with E-state index in [4.69, 9.17) is 9.47 Å². The van der Waals surface area contributed by atoms with Crippen molar-refractivity contribution < 1.29 is 9.47 Å². The first-order valence-corrected chi connectivity index (χ1v) is 7.19. The van der Waals surface area contributed by atoms with E-state index in [0.29, 0.717) is 6.04 Å². The number of rotatable bonds is 5. The first kappa shape index (κ1) is 14.2. The molecule has 0 unspecified atom stereocenters. The molecule has 0 radical (unpaired) electrons. The summed E-state index contributed by atoms with van der Waals surface area (Å²) in [4.78, 5) is 0. The van der Waals surface area contributed by atoms with Crippen LogP contribution in [-0.4, -0.2) is 20.3 Å². The molecule has 1 aromatic rings. The molecular formula is C16H25NO2. The lowest BCUT2D eigenvalue weighted by Crippen LogP contribution is -2.36. The molecule has 1 aromatic carbocycles. The lowest BCUT2D eigenvalue weighted by atomic mass is 9.86. The maximum Gasteiger partial charge on any atom is 0.161 e. The third kappa shape index (κ3) is 3.63. The summed E-state index contributed by atoms with van der Waals surface area (Å²) in [5, 5.41) is 3.68. The van der Waals surface area contributed by atoms with Gasteiger partial charge in [0.25, 0.3) is 0 Å². The fraction of sp³-hybridized carbons (Fsp3) is 0.625. The average molecular weight is 263 g/mol. The van der Waals surface area contributed by atoms with Crippen LogP contribution in [0, 0.1) is 5.92 Å². The monoisotopic (exact) mass is 263 g/mol. The zero-order valence-electron chi connectivity index (χ0n) is 12.2. The second-order valence-corrected chi connectivity index (χ2v) is 5.44. The molecule has 1 saturated carbocycles. The SMILES string of the molecule is COc1ccc(CN[C@@H]2CCCC[C@@H]2C)cc1OC. The molecular weight excluding hydrogens is 238 g/mol. The highest BCUT2D eigenvalue weighted by molar-refractivity contribution is 5.42. The normalized spacial score (nSPS) is 23.1. The van der Waals surface area contributed by atoms with Crippen molar-refractivity contribution in [1.29, 1.82) is 0 Å². The maximum absolute atomic E-state index is 5.34. The Morgan fingerprint density at radius 1 is 1.11 bits per heavy atom. The Morgan fingerprint density at radius 3 is 2.53 bits per heavy atom. The van der Waals surface area contributed by atoms with Gasteiger partial charge in [-0.3, -0.25) is 0 Å².